The maximum Gasteiger partial charge on any atom is 0.313 e. The van der Waals surface area contributed by atoms with Gasteiger partial charge in [0, 0.05) is 12.2 Å². The van der Waals surface area contributed by atoms with E-state index in [-0.39, 0.29) is 0 Å². The lowest BCUT2D eigenvalue weighted by Gasteiger charge is -2.08. The van der Waals surface area contributed by atoms with E-state index in [1.54, 1.807) is 16.8 Å². The van der Waals surface area contributed by atoms with Crippen LogP contribution in [0, 0.1) is 13.8 Å². The summed E-state index contributed by atoms with van der Waals surface area (Å²) in [5.41, 5.74) is 3.53. The number of carbonyl (C=O) groups is 2. The molecule has 0 saturated heterocycles. The molecule has 2 amide bonds. The first kappa shape index (κ1) is 19.3. The minimum absolute atomic E-state index is 0.441. The number of nitrogens with zero attached hydrogens (tertiary/aromatic N) is 3. The molecule has 7 nitrogen and oxygen atoms in total. The van der Waals surface area contributed by atoms with Gasteiger partial charge in [-0.15, -0.1) is 0 Å². The van der Waals surface area contributed by atoms with E-state index < -0.39 is 11.8 Å². The molecule has 2 heterocycles. The van der Waals surface area contributed by atoms with Gasteiger partial charge in [0.15, 0.2) is 5.82 Å². The van der Waals surface area contributed by atoms with E-state index in [4.69, 9.17) is 0 Å². The Bertz CT molecular complexity index is 949. The molecule has 0 saturated carbocycles. The number of hydrogen-bond donors (Lipinski definition) is 2. The minimum atomic E-state index is -0.708. The lowest BCUT2D eigenvalue weighted by Crippen LogP contribution is -2.36. The van der Waals surface area contributed by atoms with E-state index in [0.29, 0.717) is 18.1 Å². The summed E-state index contributed by atoms with van der Waals surface area (Å²) >= 11 is 0. The van der Waals surface area contributed by atoms with Gasteiger partial charge >= 0.3 is 11.8 Å². The third-order valence-corrected chi connectivity index (χ3v) is 4.21. The molecule has 2 aromatic heterocycles. The van der Waals surface area contributed by atoms with Crippen molar-refractivity contribution in [1.82, 2.24) is 20.1 Å². The SMILES string of the molecule is Cc1cc(C)n(-c2ccc(NC(=O)C(=O)NCCCc3ccccc3)cn2)n1. The molecule has 0 aliphatic rings. The maximum atomic E-state index is 12.0. The Morgan fingerprint density at radius 3 is 2.46 bits per heavy atom. The number of carbonyl (C=O) groups excluding carboxylic acids is 2. The smallest absolute Gasteiger partial charge is 0.313 e. The average Bonchev–Trinajstić information content (AvgIpc) is 3.04. The van der Waals surface area contributed by atoms with Crippen LogP contribution in [0.2, 0.25) is 0 Å². The highest BCUT2D eigenvalue weighted by atomic mass is 16.2. The Hall–Kier alpha value is -3.48. The molecule has 3 aromatic rings. The van der Waals surface area contributed by atoms with Crippen molar-refractivity contribution < 1.29 is 9.59 Å². The van der Waals surface area contributed by atoms with Crippen LogP contribution in [0.4, 0.5) is 5.69 Å². The number of anilines is 1. The first-order valence-electron chi connectivity index (χ1n) is 9.16. The van der Waals surface area contributed by atoms with E-state index in [1.807, 2.05) is 50.2 Å². The standard InChI is InChI=1S/C21H23N5O2/c1-15-13-16(2)26(25-15)19-11-10-18(14-23-19)24-21(28)20(27)22-12-6-9-17-7-4-3-5-8-17/h3-5,7-8,10-11,13-14H,6,9,12H2,1-2H3,(H,22,27)(H,24,28). The van der Waals surface area contributed by atoms with Crippen LogP contribution in [0.5, 0.6) is 0 Å². The van der Waals surface area contributed by atoms with E-state index in [0.717, 1.165) is 24.2 Å². The summed E-state index contributed by atoms with van der Waals surface area (Å²) in [4.78, 5) is 28.3. The molecule has 0 atom stereocenters. The number of aromatic nitrogens is 3. The van der Waals surface area contributed by atoms with Crippen LogP contribution in [0.1, 0.15) is 23.4 Å². The predicted molar refractivity (Wildman–Crippen MR) is 107 cm³/mol. The zero-order chi connectivity index (χ0) is 19.9. The van der Waals surface area contributed by atoms with Crippen molar-refractivity contribution in [2.45, 2.75) is 26.7 Å². The second kappa shape index (κ2) is 8.94. The second-order valence-electron chi connectivity index (χ2n) is 6.54. The first-order chi connectivity index (χ1) is 13.5. The molecule has 0 spiro atoms. The summed E-state index contributed by atoms with van der Waals surface area (Å²) in [6.45, 7) is 4.30. The highest BCUT2D eigenvalue weighted by molar-refractivity contribution is 6.39. The second-order valence-corrected chi connectivity index (χ2v) is 6.54. The molecule has 0 bridgehead atoms. The number of pyridine rings is 1. The molecule has 2 N–H and O–H groups in total. The van der Waals surface area contributed by atoms with E-state index in [1.165, 1.54) is 11.8 Å². The van der Waals surface area contributed by atoms with Crippen molar-refractivity contribution in [3.63, 3.8) is 0 Å². The number of aryl methyl sites for hydroxylation is 3. The van der Waals surface area contributed by atoms with E-state index in [9.17, 15) is 9.59 Å². The number of rotatable bonds is 6. The van der Waals surface area contributed by atoms with Crippen molar-refractivity contribution in [2.75, 3.05) is 11.9 Å². The molecule has 7 heteroatoms. The molecule has 0 fully saturated rings. The van der Waals surface area contributed by atoms with Crippen molar-refractivity contribution >= 4 is 17.5 Å². The molecule has 0 radical (unpaired) electrons. The van der Waals surface area contributed by atoms with Crippen LogP contribution in [0.15, 0.2) is 54.7 Å². The Balaban J connectivity index is 1.47. The Kier molecular flexibility index (Phi) is 6.16. The zero-order valence-corrected chi connectivity index (χ0v) is 16.0. The number of amides is 2. The van der Waals surface area contributed by atoms with Crippen LogP contribution < -0.4 is 10.6 Å². The fourth-order valence-corrected chi connectivity index (χ4v) is 2.85. The third-order valence-electron chi connectivity index (χ3n) is 4.21. The Labute approximate surface area is 163 Å². The summed E-state index contributed by atoms with van der Waals surface area (Å²) < 4.78 is 1.72. The lowest BCUT2D eigenvalue weighted by molar-refractivity contribution is -0.136. The fraction of sp³-hybridized carbons (Fsp3) is 0.238. The molecule has 0 aliphatic carbocycles. The van der Waals surface area contributed by atoms with Gasteiger partial charge in [-0.2, -0.15) is 5.10 Å². The largest absolute Gasteiger partial charge is 0.348 e. The summed E-state index contributed by atoms with van der Waals surface area (Å²) in [5, 5.41) is 9.56. The summed E-state index contributed by atoms with van der Waals surface area (Å²) in [5.74, 6) is -0.718. The summed E-state index contributed by atoms with van der Waals surface area (Å²) in [6, 6.07) is 15.4. The highest BCUT2D eigenvalue weighted by Crippen LogP contribution is 2.12. The van der Waals surface area contributed by atoms with E-state index in [2.05, 4.69) is 20.7 Å². The quantitative estimate of drug-likeness (QED) is 0.510. The highest BCUT2D eigenvalue weighted by Gasteiger charge is 2.13. The van der Waals surface area contributed by atoms with Gasteiger partial charge in [-0.05, 0) is 50.5 Å². The number of nitrogens with one attached hydrogen (secondary N) is 2. The van der Waals surface area contributed by atoms with Crippen molar-refractivity contribution in [3.8, 4) is 5.82 Å². The topological polar surface area (TPSA) is 88.9 Å². The van der Waals surface area contributed by atoms with Gasteiger partial charge in [-0.25, -0.2) is 9.67 Å². The molecular weight excluding hydrogens is 354 g/mol. The van der Waals surface area contributed by atoms with Gasteiger partial charge in [-0.3, -0.25) is 9.59 Å². The van der Waals surface area contributed by atoms with Crippen LogP contribution in [0.25, 0.3) is 5.82 Å². The molecule has 0 aliphatic heterocycles. The van der Waals surface area contributed by atoms with Gasteiger partial charge < -0.3 is 10.6 Å². The fourth-order valence-electron chi connectivity index (χ4n) is 2.85. The van der Waals surface area contributed by atoms with Gasteiger partial charge in [0.05, 0.1) is 17.6 Å². The lowest BCUT2D eigenvalue weighted by atomic mass is 10.1. The summed E-state index contributed by atoms with van der Waals surface area (Å²) in [7, 11) is 0. The zero-order valence-electron chi connectivity index (χ0n) is 16.0. The molecule has 144 valence electrons. The minimum Gasteiger partial charge on any atom is -0.348 e. The molecule has 1 aromatic carbocycles. The maximum absolute atomic E-state index is 12.0. The Morgan fingerprint density at radius 2 is 1.82 bits per heavy atom. The van der Waals surface area contributed by atoms with Gasteiger partial charge in [-0.1, -0.05) is 30.3 Å². The van der Waals surface area contributed by atoms with Crippen molar-refractivity contribution in [2.24, 2.45) is 0 Å². The Morgan fingerprint density at radius 1 is 1.04 bits per heavy atom. The van der Waals surface area contributed by atoms with Gasteiger partial charge in [0.1, 0.15) is 0 Å². The number of benzene rings is 1. The summed E-state index contributed by atoms with van der Waals surface area (Å²) in [6.07, 6.45) is 3.12. The van der Waals surface area contributed by atoms with Crippen molar-refractivity contribution in [1.29, 1.82) is 0 Å². The normalized spacial score (nSPS) is 10.5. The monoisotopic (exact) mass is 377 g/mol. The molecule has 28 heavy (non-hydrogen) atoms. The first-order valence-corrected chi connectivity index (χ1v) is 9.16. The average molecular weight is 377 g/mol. The van der Waals surface area contributed by atoms with Crippen molar-refractivity contribution in [3.05, 3.63) is 71.7 Å². The molecule has 0 unspecified atom stereocenters. The third kappa shape index (κ3) is 5.03. The van der Waals surface area contributed by atoms with Gasteiger partial charge in [0.2, 0.25) is 0 Å². The number of hydrogen-bond acceptors (Lipinski definition) is 4. The van der Waals surface area contributed by atoms with Crippen LogP contribution in [0.3, 0.4) is 0 Å². The van der Waals surface area contributed by atoms with Crippen LogP contribution >= 0.6 is 0 Å². The molecular formula is C21H23N5O2. The predicted octanol–water partition coefficient (Wildman–Crippen LogP) is 2.57. The van der Waals surface area contributed by atoms with E-state index >= 15 is 0 Å². The molecule has 3 rings (SSSR count). The van der Waals surface area contributed by atoms with Crippen LogP contribution in [-0.4, -0.2) is 33.1 Å². The van der Waals surface area contributed by atoms with Gasteiger partial charge in [0.25, 0.3) is 0 Å². The van der Waals surface area contributed by atoms with Crippen LogP contribution in [-0.2, 0) is 16.0 Å².